The third-order valence-corrected chi connectivity index (χ3v) is 2.97. The molecule has 22 heavy (non-hydrogen) atoms. The molecule has 0 aliphatic carbocycles. The van der Waals surface area contributed by atoms with Crippen molar-refractivity contribution in [1.29, 1.82) is 5.26 Å². The zero-order chi connectivity index (χ0) is 15.9. The van der Waals surface area contributed by atoms with Gasteiger partial charge in [0.2, 0.25) is 5.91 Å². The van der Waals surface area contributed by atoms with Crippen LogP contribution in [0.5, 0.6) is 0 Å². The fourth-order valence-electron chi connectivity index (χ4n) is 1.78. The summed E-state index contributed by atoms with van der Waals surface area (Å²) < 4.78 is 0. The van der Waals surface area contributed by atoms with Crippen molar-refractivity contribution < 1.29 is 9.59 Å². The molecule has 0 bridgehead atoms. The Morgan fingerprint density at radius 2 is 1.73 bits per heavy atom. The fraction of sp³-hybridized carbons (Fsp3) is 0.0625. The maximum absolute atomic E-state index is 12.2. The van der Waals surface area contributed by atoms with Crippen LogP contribution in [0.15, 0.2) is 48.5 Å². The monoisotopic (exact) mass is 313 g/mol. The summed E-state index contributed by atoms with van der Waals surface area (Å²) in [6, 6.07) is 15.0. The highest BCUT2D eigenvalue weighted by Gasteiger charge is 2.08. The van der Waals surface area contributed by atoms with Crippen molar-refractivity contribution >= 4 is 34.8 Å². The molecule has 2 rings (SSSR count). The summed E-state index contributed by atoms with van der Waals surface area (Å²) in [5.74, 6) is -0.742. The minimum absolute atomic E-state index is 0.237. The molecule has 0 aliphatic rings. The molecule has 2 aromatic rings. The molecule has 2 aromatic carbocycles. The number of nitrogens with zero attached hydrogens (tertiary/aromatic N) is 1. The van der Waals surface area contributed by atoms with E-state index in [1.54, 1.807) is 48.5 Å². The first-order valence-electron chi connectivity index (χ1n) is 6.42. The van der Waals surface area contributed by atoms with Gasteiger partial charge in [-0.1, -0.05) is 23.7 Å². The zero-order valence-corrected chi connectivity index (χ0v) is 12.2. The SMILES string of the molecule is N#CCC(=O)Nc1cccc(C(=O)Nc2cccc(Cl)c2)c1. The average Bonchev–Trinajstić information content (AvgIpc) is 2.47. The summed E-state index contributed by atoms with van der Waals surface area (Å²) >= 11 is 5.86. The first kappa shape index (κ1) is 15.5. The van der Waals surface area contributed by atoms with Gasteiger partial charge < -0.3 is 10.6 Å². The van der Waals surface area contributed by atoms with Gasteiger partial charge in [0.15, 0.2) is 0 Å². The van der Waals surface area contributed by atoms with Gasteiger partial charge in [0.1, 0.15) is 6.42 Å². The Hall–Kier alpha value is -2.84. The third kappa shape index (κ3) is 4.33. The molecular weight excluding hydrogens is 302 g/mol. The average molecular weight is 314 g/mol. The van der Waals surface area contributed by atoms with E-state index in [-0.39, 0.29) is 12.3 Å². The second kappa shape index (κ2) is 7.25. The number of carbonyl (C=O) groups excluding carboxylic acids is 2. The van der Waals surface area contributed by atoms with Gasteiger partial charge in [0, 0.05) is 22.0 Å². The number of nitriles is 1. The van der Waals surface area contributed by atoms with Gasteiger partial charge in [-0.2, -0.15) is 5.26 Å². The molecule has 2 N–H and O–H groups in total. The highest BCUT2D eigenvalue weighted by Crippen LogP contribution is 2.17. The van der Waals surface area contributed by atoms with Crippen molar-refractivity contribution in [2.45, 2.75) is 6.42 Å². The standard InChI is InChI=1S/C16H12ClN3O2/c17-12-4-2-6-14(10-12)20-16(22)11-3-1-5-13(9-11)19-15(21)7-8-18/h1-6,9-10H,7H2,(H,19,21)(H,20,22). The molecule has 0 spiro atoms. The van der Waals surface area contributed by atoms with Gasteiger partial charge >= 0.3 is 0 Å². The predicted molar refractivity (Wildman–Crippen MR) is 84.7 cm³/mol. The van der Waals surface area contributed by atoms with Crippen LogP contribution in [0.3, 0.4) is 0 Å². The van der Waals surface area contributed by atoms with Crippen molar-refractivity contribution in [1.82, 2.24) is 0 Å². The Labute approximate surface area is 132 Å². The lowest BCUT2D eigenvalue weighted by atomic mass is 10.1. The number of benzene rings is 2. The third-order valence-electron chi connectivity index (χ3n) is 2.73. The van der Waals surface area contributed by atoms with Gasteiger partial charge in [-0.3, -0.25) is 9.59 Å². The van der Waals surface area contributed by atoms with Crippen molar-refractivity contribution in [2.75, 3.05) is 10.6 Å². The quantitative estimate of drug-likeness (QED) is 0.907. The van der Waals surface area contributed by atoms with Gasteiger partial charge in [0.25, 0.3) is 5.91 Å². The van der Waals surface area contributed by atoms with Crippen LogP contribution in [0.4, 0.5) is 11.4 Å². The van der Waals surface area contributed by atoms with Crippen LogP contribution in [-0.2, 0) is 4.79 Å². The molecule has 0 aromatic heterocycles. The topological polar surface area (TPSA) is 82.0 Å². The van der Waals surface area contributed by atoms with Crippen LogP contribution in [0, 0.1) is 11.3 Å². The lowest BCUT2D eigenvalue weighted by Gasteiger charge is -2.08. The minimum Gasteiger partial charge on any atom is -0.325 e. The zero-order valence-electron chi connectivity index (χ0n) is 11.5. The molecule has 5 nitrogen and oxygen atoms in total. The predicted octanol–water partition coefficient (Wildman–Crippen LogP) is 3.44. The molecule has 0 atom stereocenters. The Bertz CT molecular complexity index is 753. The van der Waals surface area contributed by atoms with Crippen molar-refractivity contribution in [3.05, 3.63) is 59.1 Å². The molecule has 0 fully saturated rings. The molecule has 0 unspecified atom stereocenters. The lowest BCUT2D eigenvalue weighted by Crippen LogP contribution is -2.14. The molecule has 6 heteroatoms. The molecule has 0 aliphatic heterocycles. The largest absolute Gasteiger partial charge is 0.325 e. The fourth-order valence-corrected chi connectivity index (χ4v) is 1.97. The number of nitrogens with one attached hydrogen (secondary N) is 2. The van der Waals surface area contributed by atoms with Gasteiger partial charge in [-0.05, 0) is 36.4 Å². The van der Waals surface area contributed by atoms with Crippen LogP contribution in [0.1, 0.15) is 16.8 Å². The number of halogens is 1. The van der Waals surface area contributed by atoms with E-state index in [0.29, 0.717) is 22.0 Å². The highest BCUT2D eigenvalue weighted by atomic mass is 35.5. The number of hydrogen-bond acceptors (Lipinski definition) is 3. The normalized spacial score (nSPS) is 9.64. The number of carbonyl (C=O) groups is 2. The van der Waals surface area contributed by atoms with E-state index in [1.165, 1.54) is 6.07 Å². The Kier molecular flexibility index (Phi) is 5.12. The van der Waals surface area contributed by atoms with E-state index in [2.05, 4.69) is 10.6 Å². The van der Waals surface area contributed by atoms with E-state index in [9.17, 15) is 9.59 Å². The minimum atomic E-state index is -0.421. The van der Waals surface area contributed by atoms with Crippen LogP contribution in [0.2, 0.25) is 5.02 Å². The molecule has 2 amide bonds. The van der Waals surface area contributed by atoms with Gasteiger partial charge in [-0.25, -0.2) is 0 Å². The summed E-state index contributed by atoms with van der Waals surface area (Å²) in [6.45, 7) is 0. The second-order valence-corrected chi connectivity index (χ2v) is 4.86. The van der Waals surface area contributed by atoms with Crippen LogP contribution in [-0.4, -0.2) is 11.8 Å². The molecule has 0 saturated carbocycles. The molecule has 0 radical (unpaired) electrons. The molecule has 0 heterocycles. The first-order chi connectivity index (χ1) is 10.6. The number of amides is 2. The van der Waals surface area contributed by atoms with Crippen LogP contribution < -0.4 is 10.6 Å². The molecule has 110 valence electrons. The number of rotatable bonds is 4. The van der Waals surface area contributed by atoms with Gasteiger partial charge in [0.05, 0.1) is 6.07 Å². The molecule has 0 saturated heterocycles. The molecular formula is C16H12ClN3O2. The van der Waals surface area contributed by atoms with E-state index in [0.717, 1.165) is 0 Å². The summed E-state index contributed by atoms with van der Waals surface area (Å²) in [6.07, 6.45) is -0.237. The summed E-state index contributed by atoms with van der Waals surface area (Å²) in [5, 5.41) is 14.2. The first-order valence-corrected chi connectivity index (χ1v) is 6.80. The van der Waals surface area contributed by atoms with Crippen molar-refractivity contribution in [3.8, 4) is 6.07 Å². The summed E-state index contributed by atoms with van der Waals surface area (Å²) in [5.41, 5.74) is 1.42. The van der Waals surface area contributed by atoms with Crippen molar-refractivity contribution in [3.63, 3.8) is 0 Å². The summed E-state index contributed by atoms with van der Waals surface area (Å²) in [4.78, 5) is 23.5. The van der Waals surface area contributed by atoms with E-state index in [4.69, 9.17) is 16.9 Å². The Balaban J connectivity index is 2.10. The number of anilines is 2. The highest BCUT2D eigenvalue weighted by molar-refractivity contribution is 6.31. The summed E-state index contributed by atoms with van der Waals surface area (Å²) in [7, 11) is 0. The number of hydrogen-bond donors (Lipinski definition) is 2. The van der Waals surface area contributed by atoms with E-state index in [1.807, 2.05) is 0 Å². The maximum Gasteiger partial charge on any atom is 0.255 e. The lowest BCUT2D eigenvalue weighted by molar-refractivity contribution is -0.115. The van der Waals surface area contributed by atoms with E-state index >= 15 is 0 Å². The maximum atomic E-state index is 12.2. The van der Waals surface area contributed by atoms with Crippen molar-refractivity contribution in [2.24, 2.45) is 0 Å². The van der Waals surface area contributed by atoms with Crippen LogP contribution >= 0.6 is 11.6 Å². The second-order valence-electron chi connectivity index (χ2n) is 4.43. The van der Waals surface area contributed by atoms with Gasteiger partial charge in [-0.15, -0.1) is 0 Å². The Morgan fingerprint density at radius 3 is 2.41 bits per heavy atom. The smallest absolute Gasteiger partial charge is 0.255 e. The van der Waals surface area contributed by atoms with Crippen LogP contribution in [0.25, 0.3) is 0 Å². The van der Waals surface area contributed by atoms with E-state index < -0.39 is 5.91 Å². The Morgan fingerprint density at radius 1 is 1.05 bits per heavy atom.